The Morgan fingerprint density at radius 3 is 2.92 bits per heavy atom. The number of nitrogens with zero attached hydrogens (tertiary/aromatic N) is 1. The van der Waals surface area contributed by atoms with Gasteiger partial charge in [0.1, 0.15) is 0 Å². The summed E-state index contributed by atoms with van der Waals surface area (Å²) in [7, 11) is 0. The fraction of sp³-hybridized carbons (Fsp3) is 0.556. The van der Waals surface area contributed by atoms with Gasteiger partial charge in [0.2, 0.25) is 0 Å². The summed E-state index contributed by atoms with van der Waals surface area (Å²) in [6.07, 6.45) is 0. The van der Waals surface area contributed by atoms with E-state index < -0.39 is 0 Å². The van der Waals surface area contributed by atoms with E-state index in [2.05, 4.69) is 10.2 Å². The van der Waals surface area contributed by atoms with E-state index in [1.807, 2.05) is 13.0 Å². The summed E-state index contributed by atoms with van der Waals surface area (Å²) in [5.41, 5.74) is 1.68. The van der Waals surface area contributed by atoms with Gasteiger partial charge in [0.05, 0.1) is 18.2 Å². The predicted molar refractivity (Wildman–Crippen MR) is 48.4 cm³/mol. The molecule has 0 bridgehead atoms. The van der Waals surface area contributed by atoms with Crippen molar-refractivity contribution in [3.05, 3.63) is 17.5 Å². The number of rotatable bonds is 3. The van der Waals surface area contributed by atoms with Crippen LogP contribution in [-0.4, -0.2) is 22.8 Å². The van der Waals surface area contributed by atoms with Gasteiger partial charge in [0, 0.05) is 5.69 Å². The molecule has 1 atom stereocenters. The highest BCUT2D eigenvalue weighted by molar-refractivity contribution is 5.77. The van der Waals surface area contributed by atoms with Gasteiger partial charge < -0.3 is 4.74 Å². The summed E-state index contributed by atoms with van der Waals surface area (Å²) in [5.74, 6) is -0.479. The van der Waals surface area contributed by atoms with E-state index >= 15 is 0 Å². The minimum absolute atomic E-state index is 0.217. The zero-order valence-corrected chi connectivity index (χ0v) is 8.13. The van der Waals surface area contributed by atoms with Crippen molar-refractivity contribution in [3.8, 4) is 0 Å². The first-order chi connectivity index (χ1) is 6.15. The molecule has 0 radical (unpaired) electrons. The smallest absolute Gasteiger partial charge is 0.314 e. The number of carbonyl (C=O) groups excluding carboxylic acids is 1. The first kappa shape index (κ1) is 9.77. The number of aryl methyl sites for hydroxylation is 1. The number of H-pyrrole nitrogens is 1. The number of carbonyl (C=O) groups is 1. The molecule has 0 fully saturated rings. The maximum absolute atomic E-state index is 11.3. The Labute approximate surface area is 77.3 Å². The van der Waals surface area contributed by atoms with Crippen LogP contribution in [0.1, 0.15) is 31.2 Å². The lowest BCUT2D eigenvalue weighted by molar-refractivity contribution is -0.144. The van der Waals surface area contributed by atoms with Crippen molar-refractivity contribution in [1.82, 2.24) is 10.2 Å². The molecule has 1 rings (SSSR count). The molecule has 0 aliphatic carbocycles. The molecule has 0 aromatic carbocycles. The molecule has 0 saturated carbocycles. The molecule has 4 nitrogen and oxygen atoms in total. The van der Waals surface area contributed by atoms with Crippen LogP contribution in [0.3, 0.4) is 0 Å². The maximum atomic E-state index is 11.3. The average molecular weight is 182 g/mol. The molecule has 1 aromatic heterocycles. The second-order valence-electron chi connectivity index (χ2n) is 2.94. The SMILES string of the molecule is CCOC(=O)C(C)c1cc(C)n[nH]1. The number of aromatic amines is 1. The molecule has 0 spiro atoms. The maximum Gasteiger partial charge on any atom is 0.314 e. The van der Waals surface area contributed by atoms with Crippen molar-refractivity contribution in [2.24, 2.45) is 0 Å². The van der Waals surface area contributed by atoms with Crippen LogP contribution in [0, 0.1) is 6.92 Å². The fourth-order valence-corrected chi connectivity index (χ4v) is 1.06. The standard InChI is InChI=1S/C9H14N2O2/c1-4-13-9(12)7(3)8-5-6(2)10-11-8/h5,7H,4H2,1-3H3,(H,10,11). The minimum Gasteiger partial charge on any atom is -0.465 e. The van der Waals surface area contributed by atoms with E-state index in [1.165, 1.54) is 0 Å². The zero-order chi connectivity index (χ0) is 9.84. The van der Waals surface area contributed by atoms with Gasteiger partial charge in [-0.1, -0.05) is 0 Å². The van der Waals surface area contributed by atoms with Crippen molar-refractivity contribution < 1.29 is 9.53 Å². The highest BCUT2D eigenvalue weighted by Crippen LogP contribution is 2.14. The van der Waals surface area contributed by atoms with Crippen molar-refractivity contribution in [2.75, 3.05) is 6.61 Å². The quantitative estimate of drug-likeness (QED) is 0.718. The molecule has 0 aliphatic heterocycles. The number of hydrogen-bond donors (Lipinski definition) is 1. The van der Waals surface area contributed by atoms with Crippen LogP contribution in [0.5, 0.6) is 0 Å². The molecule has 1 N–H and O–H groups in total. The van der Waals surface area contributed by atoms with E-state index in [0.717, 1.165) is 11.4 Å². The van der Waals surface area contributed by atoms with Gasteiger partial charge >= 0.3 is 5.97 Å². The third kappa shape index (κ3) is 2.31. The van der Waals surface area contributed by atoms with E-state index in [9.17, 15) is 4.79 Å². The number of ether oxygens (including phenoxy) is 1. The second-order valence-corrected chi connectivity index (χ2v) is 2.94. The molecule has 0 amide bonds. The van der Waals surface area contributed by atoms with Gasteiger partial charge in [-0.2, -0.15) is 5.10 Å². The first-order valence-electron chi connectivity index (χ1n) is 4.33. The Morgan fingerprint density at radius 2 is 2.46 bits per heavy atom. The van der Waals surface area contributed by atoms with Crippen molar-refractivity contribution in [1.29, 1.82) is 0 Å². The Bertz CT molecular complexity index is 294. The molecular formula is C9H14N2O2. The Balaban J connectivity index is 2.67. The van der Waals surface area contributed by atoms with Crippen LogP contribution in [0.15, 0.2) is 6.07 Å². The van der Waals surface area contributed by atoms with Gasteiger partial charge in [-0.3, -0.25) is 9.89 Å². The lowest BCUT2D eigenvalue weighted by Crippen LogP contribution is -2.13. The Morgan fingerprint density at radius 1 is 1.77 bits per heavy atom. The van der Waals surface area contributed by atoms with E-state index in [-0.39, 0.29) is 11.9 Å². The lowest BCUT2D eigenvalue weighted by atomic mass is 10.1. The average Bonchev–Trinajstić information content (AvgIpc) is 2.51. The van der Waals surface area contributed by atoms with E-state index in [0.29, 0.717) is 6.61 Å². The van der Waals surface area contributed by atoms with Gasteiger partial charge in [0.25, 0.3) is 0 Å². The Kier molecular flexibility index (Phi) is 3.06. The molecular weight excluding hydrogens is 168 g/mol. The largest absolute Gasteiger partial charge is 0.465 e. The molecule has 0 saturated heterocycles. The molecule has 13 heavy (non-hydrogen) atoms. The van der Waals surface area contributed by atoms with Crippen LogP contribution in [0.2, 0.25) is 0 Å². The number of aromatic nitrogens is 2. The van der Waals surface area contributed by atoms with E-state index in [4.69, 9.17) is 4.74 Å². The van der Waals surface area contributed by atoms with E-state index in [1.54, 1.807) is 13.8 Å². The molecule has 72 valence electrons. The van der Waals surface area contributed by atoms with Crippen LogP contribution in [-0.2, 0) is 9.53 Å². The summed E-state index contributed by atoms with van der Waals surface area (Å²) >= 11 is 0. The molecule has 4 heteroatoms. The van der Waals surface area contributed by atoms with Gasteiger partial charge in [-0.25, -0.2) is 0 Å². The summed E-state index contributed by atoms with van der Waals surface area (Å²) in [5, 5.41) is 6.74. The molecule has 1 heterocycles. The lowest BCUT2D eigenvalue weighted by Gasteiger charge is -2.07. The molecule has 0 aliphatic rings. The van der Waals surface area contributed by atoms with Gasteiger partial charge in [-0.05, 0) is 26.8 Å². The predicted octanol–water partition coefficient (Wildman–Crippen LogP) is 1.38. The highest BCUT2D eigenvalue weighted by Gasteiger charge is 2.17. The third-order valence-corrected chi connectivity index (χ3v) is 1.83. The zero-order valence-electron chi connectivity index (χ0n) is 8.13. The van der Waals surface area contributed by atoms with Crippen LogP contribution in [0.4, 0.5) is 0 Å². The van der Waals surface area contributed by atoms with Gasteiger partial charge in [-0.15, -0.1) is 0 Å². The third-order valence-electron chi connectivity index (χ3n) is 1.83. The van der Waals surface area contributed by atoms with Crippen molar-refractivity contribution >= 4 is 5.97 Å². The number of esters is 1. The molecule has 1 aromatic rings. The summed E-state index contributed by atoms with van der Waals surface area (Å²) in [6, 6.07) is 1.85. The summed E-state index contributed by atoms with van der Waals surface area (Å²) in [4.78, 5) is 11.3. The van der Waals surface area contributed by atoms with Gasteiger partial charge in [0.15, 0.2) is 0 Å². The van der Waals surface area contributed by atoms with Crippen molar-refractivity contribution in [2.45, 2.75) is 26.7 Å². The Hall–Kier alpha value is -1.32. The number of nitrogens with one attached hydrogen (secondary N) is 1. The van der Waals surface area contributed by atoms with Crippen molar-refractivity contribution in [3.63, 3.8) is 0 Å². The second kappa shape index (κ2) is 4.07. The monoisotopic (exact) mass is 182 g/mol. The van der Waals surface area contributed by atoms with Crippen LogP contribution in [0.25, 0.3) is 0 Å². The molecule has 1 unspecified atom stereocenters. The minimum atomic E-state index is -0.263. The van der Waals surface area contributed by atoms with Crippen LogP contribution < -0.4 is 0 Å². The topological polar surface area (TPSA) is 55.0 Å². The fourth-order valence-electron chi connectivity index (χ4n) is 1.06. The summed E-state index contributed by atoms with van der Waals surface area (Å²) < 4.78 is 4.88. The summed E-state index contributed by atoms with van der Waals surface area (Å²) in [6.45, 7) is 5.88. The number of hydrogen-bond acceptors (Lipinski definition) is 3. The van der Waals surface area contributed by atoms with Crippen LogP contribution >= 0.6 is 0 Å². The highest BCUT2D eigenvalue weighted by atomic mass is 16.5. The normalized spacial score (nSPS) is 12.5. The first-order valence-corrected chi connectivity index (χ1v) is 4.33.